The van der Waals surface area contributed by atoms with Crippen molar-refractivity contribution in [1.29, 1.82) is 0 Å². The van der Waals surface area contributed by atoms with Crippen molar-refractivity contribution in [3.8, 4) is 23.0 Å². The van der Waals surface area contributed by atoms with Crippen LogP contribution in [0.25, 0.3) is 22.6 Å². The van der Waals surface area contributed by atoms with Crippen LogP contribution in [0.2, 0.25) is 0 Å². The third-order valence-electron chi connectivity index (χ3n) is 6.10. The van der Waals surface area contributed by atoms with Gasteiger partial charge in [-0.05, 0) is 62.7 Å². The van der Waals surface area contributed by atoms with Gasteiger partial charge in [0.05, 0.1) is 21.2 Å². The molecular formula is C26H26N4O4S. The highest BCUT2D eigenvalue weighted by Crippen LogP contribution is 2.33. The summed E-state index contributed by atoms with van der Waals surface area (Å²) in [6, 6.07) is 15.8. The SMILES string of the molecule is CC(C)S(=O)(=O)c1ccc(Oc2cc3nc(-c4ccccn4)[nH]c3cc2CN2CCCC2=O)cc1. The van der Waals surface area contributed by atoms with E-state index >= 15 is 0 Å². The average molecular weight is 491 g/mol. The summed E-state index contributed by atoms with van der Waals surface area (Å²) in [4.78, 5) is 26.7. The third kappa shape index (κ3) is 4.64. The first-order valence-electron chi connectivity index (χ1n) is 11.5. The number of hydrogen-bond donors (Lipinski definition) is 1. The number of hydrogen-bond acceptors (Lipinski definition) is 6. The zero-order valence-electron chi connectivity index (χ0n) is 19.6. The fourth-order valence-electron chi connectivity index (χ4n) is 4.10. The van der Waals surface area contributed by atoms with Crippen molar-refractivity contribution in [2.75, 3.05) is 6.54 Å². The summed E-state index contributed by atoms with van der Waals surface area (Å²) in [6.07, 6.45) is 3.11. The van der Waals surface area contributed by atoms with Crippen LogP contribution in [0.1, 0.15) is 32.3 Å². The molecule has 9 heteroatoms. The summed E-state index contributed by atoms with van der Waals surface area (Å²) in [5.74, 6) is 1.83. The lowest BCUT2D eigenvalue weighted by Gasteiger charge is -2.18. The number of carbonyl (C=O) groups is 1. The molecule has 0 radical (unpaired) electrons. The Kier molecular flexibility index (Phi) is 6.02. The maximum absolute atomic E-state index is 12.5. The highest BCUT2D eigenvalue weighted by Gasteiger charge is 2.23. The molecule has 3 heterocycles. The van der Waals surface area contributed by atoms with E-state index in [0.29, 0.717) is 42.4 Å². The number of imidazole rings is 1. The normalized spacial score (nSPS) is 14.3. The first-order valence-corrected chi connectivity index (χ1v) is 13.1. The number of fused-ring (bicyclic) bond motifs is 1. The molecule has 1 fully saturated rings. The van der Waals surface area contributed by atoms with Crippen molar-refractivity contribution in [3.63, 3.8) is 0 Å². The Balaban J connectivity index is 1.51. The molecule has 0 spiro atoms. The number of nitrogens with zero attached hydrogens (tertiary/aromatic N) is 3. The lowest BCUT2D eigenvalue weighted by molar-refractivity contribution is -0.128. The molecule has 1 aliphatic heterocycles. The van der Waals surface area contributed by atoms with Gasteiger partial charge < -0.3 is 14.6 Å². The van der Waals surface area contributed by atoms with E-state index in [4.69, 9.17) is 4.74 Å². The highest BCUT2D eigenvalue weighted by atomic mass is 32.2. The number of nitrogens with one attached hydrogen (secondary N) is 1. The summed E-state index contributed by atoms with van der Waals surface area (Å²) in [6.45, 7) is 4.44. The van der Waals surface area contributed by atoms with Gasteiger partial charge in [0.15, 0.2) is 15.7 Å². The summed E-state index contributed by atoms with van der Waals surface area (Å²) in [5.41, 5.74) is 3.08. The van der Waals surface area contributed by atoms with Crippen molar-refractivity contribution in [1.82, 2.24) is 19.9 Å². The van der Waals surface area contributed by atoms with Gasteiger partial charge >= 0.3 is 0 Å². The number of rotatable bonds is 7. The van der Waals surface area contributed by atoms with Gasteiger partial charge in [0.1, 0.15) is 17.2 Å². The second-order valence-electron chi connectivity index (χ2n) is 8.86. The predicted molar refractivity (Wildman–Crippen MR) is 133 cm³/mol. The fraction of sp³-hybridized carbons (Fsp3) is 0.269. The standard InChI is InChI=1S/C26H26N4O4S/c1-17(2)35(32,33)20-10-8-19(9-11-20)34-24-15-23-22(14-18(24)16-30-13-5-7-25(30)31)28-26(29-23)21-6-3-4-12-27-21/h3-4,6,8-12,14-15,17H,5,7,13,16H2,1-2H3,(H,28,29). The molecule has 0 saturated carbocycles. The molecule has 35 heavy (non-hydrogen) atoms. The van der Waals surface area contributed by atoms with Crippen molar-refractivity contribution >= 4 is 26.8 Å². The molecular weight excluding hydrogens is 464 g/mol. The van der Waals surface area contributed by atoms with Crippen LogP contribution in [-0.2, 0) is 21.2 Å². The lowest BCUT2D eigenvalue weighted by Crippen LogP contribution is -2.24. The number of sulfone groups is 1. The maximum atomic E-state index is 12.5. The first kappa shape index (κ1) is 23.0. The maximum Gasteiger partial charge on any atom is 0.222 e. The zero-order valence-corrected chi connectivity index (χ0v) is 20.4. The van der Waals surface area contributed by atoms with Gasteiger partial charge in [-0.3, -0.25) is 9.78 Å². The summed E-state index contributed by atoms with van der Waals surface area (Å²) >= 11 is 0. The number of ether oxygens (including phenoxy) is 1. The monoisotopic (exact) mass is 490 g/mol. The Hall–Kier alpha value is -3.72. The molecule has 180 valence electrons. The Morgan fingerprint density at radius 2 is 1.91 bits per heavy atom. The third-order valence-corrected chi connectivity index (χ3v) is 8.28. The van der Waals surface area contributed by atoms with E-state index in [1.54, 1.807) is 44.3 Å². The topological polar surface area (TPSA) is 105 Å². The van der Waals surface area contributed by atoms with Crippen LogP contribution in [0, 0.1) is 0 Å². The number of benzene rings is 2. The van der Waals surface area contributed by atoms with Crippen LogP contribution in [0.15, 0.2) is 65.7 Å². The Morgan fingerprint density at radius 1 is 1.11 bits per heavy atom. The predicted octanol–water partition coefficient (Wildman–Crippen LogP) is 4.72. The molecule has 4 aromatic rings. The quantitative estimate of drug-likeness (QED) is 0.402. The molecule has 2 aromatic heterocycles. The molecule has 8 nitrogen and oxygen atoms in total. The van der Waals surface area contributed by atoms with Crippen molar-refractivity contribution in [2.24, 2.45) is 0 Å². The van der Waals surface area contributed by atoms with Gasteiger partial charge in [-0.25, -0.2) is 13.4 Å². The molecule has 2 aromatic carbocycles. The van der Waals surface area contributed by atoms with E-state index in [0.717, 1.165) is 23.2 Å². The number of likely N-dealkylation sites (tertiary alicyclic amines) is 1. The van der Waals surface area contributed by atoms with E-state index in [1.807, 2.05) is 35.2 Å². The molecule has 0 bridgehead atoms. The van der Waals surface area contributed by atoms with Gasteiger partial charge in [-0.15, -0.1) is 0 Å². The molecule has 1 saturated heterocycles. The van der Waals surface area contributed by atoms with Crippen LogP contribution in [0.5, 0.6) is 11.5 Å². The van der Waals surface area contributed by atoms with Crippen LogP contribution in [0.4, 0.5) is 0 Å². The summed E-state index contributed by atoms with van der Waals surface area (Å²) in [7, 11) is -3.37. The van der Waals surface area contributed by atoms with E-state index in [-0.39, 0.29) is 10.8 Å². The Morgan fingerprint density at radius 3 is 2.57 bits per heavy atom. The summed E-state index contributed by atoms with van der Waals surface area (Å²) < 4.78 is 31.1. The highest BCUT2D eigenvalue weighted by molar-refractivity contribution is 7.92. The Bertz CT molecular complexity index is 1480. The van der Waals surface area contributed by atoms with E-state index in [2.05, 4.69) is 15.0 Å². The van der Waals surface area contributed by atoms with Crippen LogP contribution in [0.3, 0.4) is 0 Å². The van der Waals surface area contributed by atoms with E-state index in [1.165, 1.54) is 0 Å². The van der Waals surface area contributed by atoms with Crippen LogP contribution in [-0.4, -0.2) is 46.0 Å². The van der Waals surface area contributed by atoms with Gasteiger partial charge in [0, 0.05) is 37.3 Å². The van der Waals surface area contributed by atoms with Crippen LogP contribution < -0.4 is 4.74 Å². The van der Waals surface area contributed by atoms with Crippen molar-refractivity contribution in [3.05, 3.63) is 66.4 Å². The Labute approximate surface area is 203 Å². The van der Waals surface area contributed by atoms with E-state index in [9.17, 15) is 13.2 Å². The number of H-pyrrole nitrogens is 1. The second-order valence-corrected chi connectivity index (χ2v) is 11.4. The zero-order chi connectivity index (χ0) is 24.6. The van der Waals surface area contributed by atoms with Gasteiger partial charge in [-0.1, -0.05) is 6.07 Å². The van der Waals surface area contributed by atoms with Crippen molar-refractivity contribution in [2.45, 2.75) is 43.4 Å². The molecule has 0 unspecified atom stereocenters. The molecule has 0 atom stereocenters. The smallest absolute Gasteiger partial charge is 0.222 e. The molecule has 1 N–H and O–H groups in total. The number of amides is 1. The molecule has 1 amide bonds. The average Bonchev–Trinajstić information content (AvgIpc) is 3.45. The molecule has 5 rings (SSSR count). The second kappa shape index (κ2) is 9.14. The molecule has 1 aliphatic rings. The minimum atomic E-state index is -3.37. The largest absolute Gasteiger partial charge is 0.457 e. The fourth-order valence-corrected chi connectivity index (χ4v) is 5.16. The number of pyridine rings is 1. The summed E-state index contributed by atoms with van der Waals surface area (Å²) in [5, 5.41) is -0.505. The van der Waals surface area contributed by atoms with Gasteiger partial charge in [0.25, 0.3) is 0 Å². The van der Waals surface area contributed by atoms with Gasteiger partial charge in [-0.2, -0.15) is 0 Å². The number of carbonyl (C=O) groups excluding carboxylic acids is 1. The first-order chi connectivity index (χ1) is 16.8. The minimum Gasteiger partial charge on any atom is -0.457 e. The van der Waals surface area contributed by atoms with Gasteiger partial charge in [0.2, 0.25) is 5.91 Å². The number of aromatic amines is 1. The molecule has 0 aliphatic carbocycles. The van der Waals surface area contributed by atoms with Crippen molar-refractivity contribution < 1.29 is 17.9 Å². The van der Waals surface area contributed by atoms with Crippen LogP contribution >= 0.6 is 0 Å². The van der Waals surface area contributed by atoms with E-state index < -0.39 is 15.1 Å². The minimum absolute atomic E-state index is 0.123. The lowest BCUT2D eigenvalue weighted by atomic mass is 10.1. The number of aromatic nitrogens is 3.